The van der Waals surface area contributed by atoms with E-state index < -0.39 is 0 Å². The van der Waals surface area contributed by atoms with E-state index in [0.717, 1.165) is 30.8 Å². The molecule has 27 heavy (non-hydrogen) atoms. The van der Waals surface area contributed by atoms with E-state index in [4.69, 9.17) is 16.3 Å². The molecule has 1 unspecified atom stereocenters. The quantitative estimate of drug-likeness (QED) is 0.745. The highest BCUT2D eigenvalue weighted by Crippen LogP contribution is 2.36. The summed E-state index contributed by atoms with van der Waals surface area (Å²) in [6, 6.07) is 9.06. The summed E-state index contributed by atoms with van der Waals surface area (Å²) >= 11 is 6.29. The van der Waals surface area contributed by atoms with Crippen LogP contribution in [-0.2, 0) is 6.54 Å². The maximum atomic E-state index is 12.3. The van der Waals surface area contributed by atoms with E-state index >= 15 is 0 Å². The summed E-state index contributed by atoms with van der Waals surface area (Å²) in [6.45, 7) is 0.772. The van der Waals surface area contributed by atoms with Gasteiger partial charge in [0.05, 0.1) is 12.1 Å². The van der Waals surface area contributed by atoms with Crippen molar-refractivity contribution in [1.29, 1.82) is 0 Å². The molecule has 1 aromatic carbocycles. The summed E-state index contributed by atoms with van der Waals surface area (Å²) in [5.74, 6) is 1.58. The average Bonchev–Trinajstić information content (AvgIpc) is 3.11. The molecule has 8 heteroatoms. The molecule has 2 aromatic heterocycles. The van der Waals surface area contributed by atoms with Crippen LogP contribution >= 0.6 is 11.6 Å². The number of hydrogen-bond acceptors (Lipinski definition) is 5. The third-order valence-corrected chi connectivity index (χ3v) is 4.92. The number of amides is 1. The number of pyridine rings is 1. The molecule has 3 aromatic rings. The van der Waals surface area contributed by atoms with Crippen molar-refractivity contribution in [2.24, 2.45) is 0 Å². The van der Waals surface area contributed by atoms with Gasteiger partial charge in [-0.1, -0.05) is 17.7 Å². The first kappa shape index (κ1) is 17.5. The highest BCUT2D eigenvalue weighted by atomic mass is 35.5. The molecule has 0 spiro atoms. The number of hydrogen-bond donors (Lipinski definition) is 1. The Balaban J connectivity index is 1.60. The molecule has 0 radical (unpaired) electrons. The molecule has 1 N–H and O–H groups in total. The number of carbonyl (C=O) groups excluding carboxylic acids is 1. The third-order valence-electron chi connectivity index (χ3n) is 4.62. The second-order valence-corrected chi connectivity index (χ2v) is 6.70. The number of aryl methyl sites for hydroxylation is 1. The Morgan fingerprint density at radius 3 is 2.85 bits per heavy atom. The second kappa shape index (κ2) is 7.36. The minimum absolute atomic E-state index is 0.0706. The Bertz CT molecular complexity index is 973. The molecule has 0 saturated carbocycles. The van der Waals surface area contributed by atoms with Crippen LogP contribution in [0.25, 0.3) is 0 Å². The van der Waals surface area contributed by atoms with Crippen LogP contribution in [0.5, 0.6) is 5.75 Å². The molecule has 0 saturated heterocycles. The summed E-state index contributed by atoms with van der Waals surface area (Å²) in [5.41, 5.74) is 1.57. The van der Waals surface area contributed by atoms with Gasteiger partial charge in [-0.15, -0.1) is 5.10 Å². The van der Waals surface area contributed by atoms with Crippen molar-refractivity contribution >= 4 is 23.5 Å². The predicted molar refractivity (Wildman–Crippen MR) is 101 cm³/mol. The fourth-order valence-corrected chi connectivity index (χ4v) is 3.56. The van der Waals surface area contributed by atoms with Crippen LogP contribution in [-0.4, -0.2) is 32.8 Å². The highest BCUT2D eigenvalue weighted by Gasteiger charge is 2.27. The summed E-state index contributed by atoms with van der Waals surface area (Å²) in [6.07, 6.45) is 5.06. The predicted octanol–water partition coefficient (Wildman–Crippen LogP) is 3.51. The molecule has 7 nitrogen and oxygen atoms in total. The number of ether oxygens (including phenoxy) is 1. The van der Waals surface area contributed by atoms with Gasteiger partial charge in [-0.3, -0.25) is 15.1 Å². The van der Waals surface area contributed by atoms with E-state index in [2.05, 4.69) is 20.4 Å². The zero-order valence-electron chi connectivity index (χ0n) is 14.7. The first-order valence-electron chi connectivity index (χ1n) is 8.65. The molecule has 4 rings (SSSR count). The third kappa shape index (κ3) is 3.50. The molecule has 3 heterocycles. The molecule has 138 valence electrons. The van der Waals surface area contributed by atoms with Gasteiger partial charge >= 0.3 is 0 Å². The van der Waals surface area contributed by atoms with Gasteiger partial charge in [-0.05, 0) is 42.7 Å². The van der Waals surface area contributed by atoms with Gasteiger partial charge in [0, 0.05) is 30.4 Å². The van der Waals surface area contributed by atoms with Gasteiger partial charge < -0.3 is 4.74 Å². The van der Waals surface area contributed by atoms with Crippen LogP contribution in [0, 0.1) is 0 Å². The summed E-state index contributed by atoms with van der Waals surface area (Å²) in [7, 11) is 1.59. The fraction of sp³-hybridized carbons (Fsp3) is 0.263. The Morgan fingerprint density at radius 1 is 1.30 bits per heavy atom. The molecule has 0 bridgehead atoms. The standard InChI is InChI=1S/C19H18ClN5O2/c1-27-16-5-4-13(11-15(16)20)14-3-2-10-25-17(14)22-19(24-25)23-18(26)12-6-8-21-9-7-12/h4-9,11,14H,2-3,10H2,1H3,(H,23,24,26). The summed E-state index contributed by atoms with van der Waals surface area (Å²) in [4.78, 5) is 20.8. The lowest BCUT2D eigenvalue weighted by Gasteiger charge is -2.22. The first-order chi connectivity index (χ1) is 13.2. The number of nitrogens with zero attached hydrogens (tertiary/aromatic N) is 4. The maximum Gasteiger partial charge on any atom is 0.258 e. The molecule has 1 atom stereocenters. The summed E-state index contributed by atoms with van der Waals surface area (Å²) < 4.78 is 7.09. The zero-order valence-corrected chi connectivity index (χ0v) is 15.5. The van der Waals surface area contributed by atoms with Crippen LogP contribution in [0.4, 0.5) is 5.95 Å². The second-order valence-electron chi connectivity index (χ2n) is 6.30. The minimum Gasteiger partial charge on any atom is -0.495 e. The molecule has 1 aliphatic heterocycles. The number of fused-ring (bicyclic) bond motifs is 1. The molecule has 0 aliphatic carbocycles. The molecule has 0 fully saturated rings. The van der Waals surface area contributed by atoms with Crippen LogP contribution in [0.3, 0.4) is 0 Å². The van der Waals surface area contributed by atoms with Crippen molar-refractivity contribution in [2.75, 3.05) is 12.4 Å². The van der Waals surface area contributed by atoms with Gasteiger partial charge in [-0.25, -0.2) is 4.68 Å². The van der Waals surface area contributed by atoms with Crippen molar-refractivity contribution in [3.8, 4) is 5.75 Å². The van der Waals surface area contributed by atoms with Gasteiger partial charge in [0.1, 0.15) is 11.6 Å². The Kier molecular flexibility index (Phi) is 4.77. The molecular weight excluding hydrogens is 366 g/mol. The van der Waals surface area contributed by atoms with Crippen molar-refractivity contribution in [3.05, 3.63) is 64.7 Å². The highest BCUT2D eigenvalue weighted by molar-refractivity contribution is 6.32. The number of benzene rings is 1. The van der Waals surface area contributed by atoms with E-state index in [0.29, 0.717) is 22.3 Å². The number of halogens is 1. The monoisotopic (exact) mass is 383 g/mol. The summed E-state index contributed by atoms with van der Waals surface area (Å²) in [5, 5.41) is 7.78. The van der Waals surface area contributed by atoms with Crippen molar-refractivity contribution in [1.82, 2.24) is 19.7 Å². The smallest absolute Gasteiger partial charge is 0.258 e. The number of rotatable bonds is 4. The SMILES string of the molecule is COc1ccc(C2CCCn3nc(NC(=O)c4ccncc4)nc32)cc1Cl. The van der Waals surface area contributed by atoms with Gasteiger partial charge in [0.25, 0.3) is 5.91 Å². The van der Waals surface area contributed by atoms with E-state index in [1.165, 1.54) is 0 Å². The molecule has 1 aliphatic rings. The Morgan fingerprint density at radius 2 is 2.11 bits per heavy atom. The van der Waals surface area contributed by atoms with Crippen molar-refractivity contribution in [2.45, 2.75) is 25.3 Å². The lowest BCUT2D eigenvalue weighted by Crippen LogP contribution is -2.18. The van der Waals surface area contributed by atoms with Gasteiger partial charge in [0.15, 0.2) is 0 Å². The van der Waals surface area contributed by atoms with E-state index in [1.54, 1.807) is 31.6 Å². The topological polar surface area (TPSA) is 81.9 Å². The van der Waals surface area contributed by atoms with Crippen LogP contribution < -0.4 is 10.1 Å². The minimum atomic E-state index is -0.260. The number of anilines is 1. The van der Waals surface area contributed by atoms with E-state index in [9.17, 15) is 4.79 Å². The number of carbonyl (C=O) groups is 1. The number of aromatic nitrogens is 4. The molecular formula is C19H18ClN5O2. The zero-order chi connectivity index (χ0) is 18.8. The van der Waals surface area contributed by atoms with E-state index in [-0.39, 0.29) is 11.8 Å². The lowest BCUT2D eigenvalue weighted by atomic mass is 9.91. The first-order valence-corrected chi connectivity index (χ1v) is 9.03. The largest absolute Gasteiger partial charge is 0.495 e. The van der Waals surface area contributed by atoms with Crippen LogP contribution in [0.2, 0.25) is 5.02 Å². The average molecular weight is 384 g/mol. The van der Waals surface area contributed by atoms with Gasteiger partial charge in [0.2, 0.25) is 5.95 Å². The number of nitrogens with one attached hydrogen (secondary N) is 1. The lowest BCUT2D eigenvalue weighted by molar-refractivity contribution is 0.102. The van der Waals surface area contributed by atoms with Crippen LogP contribution in [0.1, 0.15) is 40.5 Å². The Labute approximate surface area is 161 Å². The van der Waals surface area contributed by atoms with Crippen molar-refractivity contribution in [3.63, 3.8) is 0 Å². The van der Waals surface area contributed by atoms with E-state index in [1.807, 2.05) is 22.9 Å². The normalized spacial score (nSPS) is 15.9. The van der Waals surface area contributed by atoms with Crippen LogP contribution in [0.15, 0.2) is 42.7 Å². The maximum absolute atomic E-state index is 12.3. The molecule has 1 amide bonds. The Hall–Kier alpha value is -2.93. The van der Waals surface area contributed by atoms with Crippen molar-refractivity contribution < 1.29 is 9.53 Å². The van der Waals surface area contributed by atoms with Gasteiger partial charge in [-0.2, -0.15) is 4.98 Å². The fourth-order valence-electron chi connectivity index (χ4n) is 3.30. The number of methoxy groups -OCH3 is 1.